The number of ether oxygens (including phenoxy) is 2. The van der Waals surface area contributed by atoms with Crippen molar-refractivity contribution in [3.63, 3.8) is 0 Å². The van der Waals surface area contributed by atoms with Crippen molar-refractivity contribution in [1.82, 2.24) is 0 Å². The van der Waals surface area contributed by atoms with E-state index in [0.29, 0.717) is 19.8 Å². The number of hydrogen-bond acceptors (Lipinski definition) is 3. The van der Waals surface area contributed by atoms with Gasteiger partial charge < -0.3 is 14.6 Å². The number of carboxylic acids is 1. The largest absolute Gasteiger partial charge is 0.494 e. The number of hydrogen-bond donors (Lipinski definition) is 1. The Balaban J connectivity index is 2.22. The monoisotopic (exact) mass is 236 g/mol. The fourth-order valence-corrected chi connectivity index (χ4v) is 2.03. The summed E-state index contributed by atoms with van der Waals surface area (Å²) in [4.78, 5) is 11.3. The van der Waals surface area contributed by atoms with E-state index in [1.807, 2.05) is 25.1 Å². The highest BCUT2D eigenvalue weighted by molar-refractivity contribution is 5.76. The van der Waals surface area contributed by atoms with Crippen LogP contribution in [0.5, 0.6) is 5.75 Å². The van der Waals surface area contributed by atoms with E-state index in [0.717, 1.165) is 11.3 Å². The van der Waals surface area contributed by atoms with E-state index in [-0.39, 0.29) is 5.92 Å². The van der Waals surface area contributed by atoms with Gasteiger partial charge in [0.15, 0.2) is 0 Å². The summed E-state index contributed by atoms with van der Waals surface area (Å²) >= 11 is 0. The van der Waals surface area contributed by atoms with Gasteiger partial charge >= 0.3 is 5.97 Å². The van der Waals surface area contributed by atoms with Crippen LogP contribution < -0.4 is 4.74 Å². The minimum absolute atomic E-state index is 0.0735. The summed E-state index contributed by atoms with van der Waals surface area (Å²) < 4.78 is 10.5. The predicted molar refractivity (Wildman–Crippen MR) is 62.3 cm³/mol. The molecule has 1 aromatic carbocycles. The molecule has 4 heteroatoms. The topological polar surface area (TPSA) is 55.8 Å². The fourth-order valence-electron chi connectivity index (χ4n) is 2.03. The summed E-state index contributed by atoms with van der Waals surface area (Å²) in [6.07, 6.45) is 0. The Kier molecular flexibility index (Phi) is 3.64. The van der Waals surface area contributed by atoms with Gasteiger partial charge in [0.1, 0.15) is 5.75 Å². The highest BCUT2D eigenvalue weighted by Gasteiger charge is 2.35. The molecule has 0 radical (unpaired) electrons. The molecule has 0 saturated carbocycles. The van der Waals surface area contributed by atoms with Crippen LogP contribution in [0.2, 0.25) is 0 Å². The van der Waals surface area contributed by atoms with Crippen LogP contribution in [0, 0.1) is 5.92 Å². The van der Waals surface area contributed by atoms with Gasteiger partial charge in [-0.3, -0.25) is 4.79 Å². The van der Waals surface area contributed by atoms with Gasteiger partial charge in [0.2, 0.25) is 0 Å². The van der Waals surface area contributed by atoms with Crippen LogP contribution in [0.15, 0.2) is 24.3 Å². The zero-order valence-electron chi connectivity index (χ0n) is 9.76. The van der Waals surface area contributed by atoms with Crippen molar-refractivity contribution in [3.05, 3.63) is 29.8 Å². The second-order valence-corrected chi connectivity index (χ2v) is 4.12. The first-order valence-corrected chi connectivity index (χ1v) is 5.75. The molecule has 1 N–H and O–H groups in total. The van der Waals surface area contributed by atoms with Crippen LogP contribution in [-0.4, -0.2) is 30.9 Å². The lowest BCUT2D eigenvalue weighted by molar-refractivity contribution is -0.146. The molecule has 0 aliphatic carbocycles. The first-order chi connectivity index (χ1) is 8.22. The molecule has 1 aromatic rings. The second kappa shape index (κ2) is 5.19. The zero-order chi connectivity index (χ0) is 12.3. The summed E-state index contributed by atoms with van der Waals surface area (Å²) in [6, 6.07) is 7.30. The molecule has 1 aliphatic rings. The van der Waals surface area contributed by atoms with Gasteiger partial charge in [-0.15, -0.1) is 0 Å². The van der Waals surface area contributed by atoms with Crippen molar-refractivity contribution in [2.75, 3.05) is 19.8 Å². The third kappa shape index (κ3) is 2.58. The van der Waals surface area contributed by atoms with Crippen LogP contribution in [-0.2, 0) is 9.53 Å². The van der Waals surface area contributed by atoms with Gasteiger partial charge in [-0.2, -0.15) is 0 Å². The molecule has 1 atom stereocenters. The Morgan fingerprint density at radius 3 is 2.88 bits per heavy atom. The Morgan fingerprint density at radius 2 is 2.35 bits per heavy atom. The van der Waals surface area contributed by atoms with E-state index < -0.39 is 11.9 Å². The molecule has 92 valence electrons. The third-order valence-corrected chi connectivity index (χ3v) is 2.93. The van der Waals surface area contributed by atoms with Crippen molar-refractivity contribution in [1.29, 1.82) is 0 Å². The first kappa shape index (κ1) is 11.9. The smallest absolute Gasteiger partial charge is 0.311 e. The molecule has 1 fully saturated rings. The van der Waals surface area contributed by atoms with Crippen LogP contribution in [0.3, 0.4) is 0 Å². The standard InChI is InChI=1S/C13H16O4/c1-2-17-11-5-3-4-9(6-11)12(13(14)15)10-7-16-8-10/h3-6,10,12H,2,7-8H2,1H3,(H,14,15). The van der Waals surface area contributed by atoms with Crippen molar-refractivity contribution < 1.29 is 19.4 Å². The van der Waals surface area contributed by atoms with Crippen molar-refractivity contribution in [3.8, 4) is 5.75 Å². The van der Waals surface area contributed by atoms with Gasteiger partial charge in [0, 0.05) is 5.92 Å². The molecule has 1 saturated heterocycles. The number of carbonyl (C=O) groups is 1. The van der Waals surface area contributed by atoms with E-state index in [1.54, 1.807) is 6.07 Å². The average molecular weight is 236 g/mol. The Bertz CT molecular complexity index is 398. The quantitative estimate of drug-likeness (QED) is 0.848. The van der Waals surface area contributed by atoms with E-state index in [1.165, 1.54) is 0 Å². The molecule has 0 bridgehead atoms. The van der Waals surface area contributed by atoms with Crippen molar-refractivity contribution >= 4 is 5.97 Å². The number of carboxylic acid groups (broad SMARTS) is 1. The summed E-state index contributed by atoms with van der Waals surface area (Å²) in [5, 5.41) is 9.29. The SMILES string of the molecule is CCOc1cccc(C(C(=O)O)C2COC2)c1. The molecule has 0 aromatic heterocycles. The van der Waals surface area contributed by atoms with E-state index in [2.05, 4.69) is 0 Å². The maximum atomic E-state index is 11.3. The van der Waals surface area contributed by atoms with Crippen LogP contribution in [0.1, 0.15) is 18.4 Å². The molecule has 0 amide bonds. The van der Waals surface area contributed by atoms with Crippen LogP contribution >= 0.6 is 0 Å². The predicted octanol–water partition coefficient (Wildman–Crippen LogP) is 1.90. The minimum atomic E-state index is -0.799. The van der Waals surface area contributed by atoms with E-state index in [4.69, 9.17) is 9.47 Å². The lowest BCUT2D eigenvalue weighted by atomic mass is 9.85. The van der Waals surface area contributed by atoms with Crippen LogP contribution in [0.25, 0.3) is 0 Å². The summed E-state index contributed by atoms with van der Waals surface area (Å²) in [6.45, 7) is 3.53. The molecule has 4 nitrogen and oxygen atoms in total. The Hall–Kier alpha value is -1.55. The fraction of sp³-hybridized carbons (Fsp3) is 0.462. The zero-order valence-corrected chi connectivity index (χ0v) is 9.76. The average Bonchev–Trinajstić information content (AvgIpc) is 2.23. The molecule has 17 heavy (non-hydrogen) atoms. The highest BCUT2D eigenvalue weighted by Crippen LogP contribution is 2.32. The first-order valence-electron chi connectivity index (χ1n) is 5.75. The Morgan fingerprint density at radius 1 is 1.59 bits per heavy atom. The number of aliphatic carboxylic acids is 1. The molecule has 1 heterocycles. The molecule has 1 unspecified atom stereocenters. The van der Waals surface area contributed by atoms with Crippen molar-refractivity contribution in [2.45, 2.75) is 12.8 Å². The maximum Gasteiger partial charge on any atom is 0.311 e. The summed E-state index contributed by atoms with van der Waals surface area (Å²) in [5.74, 6) is -0.503. The maximum absolute atomic E-state index is 11.3. The second-order valence-electron chi connectivity index (χ2n) is 4.12. The molecule has 0 spiro atoms. The molecular formula is C13H16O4. The van der Waals surface area contributed by atoms with Gasteiger partial charge in [0.25, 0.3) is 0 Å². The summed E-state index contributed by atoms with van der Waals surface area (Å²) in [7, 11) is 0. The number of rotatable bonds is 5. The number of benzene rings is 1. The molecular weight excluding hydrogens is 220 g/mol. The van der Waals surface area contributed by atoms with Crippen LogP contribution in [0.4, 0.5) is 0 Å². The normalized spacial score (nSPS) is 17.2. The highest BCUT2D eigenvalue weighted by atomic mass is 16.5. The van der Waals surface area contributed by atoms with Crippen molar-refractivity contribution in [2.24, 2.45) is 5.92 Å². The molecule has 1 aliphatic heterocycles. The third-order valence-electron chi connectivity index (χ3n) is 2.93. The lowest BCUT2D eigenvalue weighted by Gasteiger charge is -2.31. The summed E-state index contributed by atoms with van der Waals surface area (Å²) in [5.41, 5.74) is 0.789. The van der Waals surface area contributed by atoms with E-state index >= 15 is 0 Å². The van der Waals surface area contributed by atoms with Gasteiger partial charge in [-0.25, -0.2) is 0 Å². The lowest BCUT2D eigenvalue weighted by Crippen LogP contribution is -2.36. The minimum Gasteiger partial charge on any atom is -0.494 e. The van der Waals surface area contributed by atoms with E-state index in [9.17, 15) is 9.90 Å². The Labute approximate surface area is 100 Å². The van der Waals surface area contributed by atoms with Gasteiger partial charge in [-0.05, 0) is 24.6 Å². The molecule has 2 rings (SSSR count). The van der Waals surface area contributed by atoms with Gasteiger partial charge in [-0.1, -0.05) is 12.1 Å². The van der Waals surface area contributed by atoms with Gasteiger partial charge in [0.05, 0.1) is 25.7 Å².